The Morgan fingerprint density at radius 1 is 1.25 bits per heavy atom. The lowest BCUT2D eigenvalue weighted by Gasteiger charge is -1.99. The van der Waals surface area contributed by atoms with Crippen molar-refractivity contribution >= 4 is 11.6 Å². The molecule has 0 unspecified atom stereocenters. The summed E-state index contributed by atoms with van der Waals surface area (Å²) in [6.07, 6.45) is 5.06. The van der Waals surface area contributed by atoms with Crippen LogP contribution in [0, 0.1) is 0 Å². The third-order valence-corrected chi connectivity index (χ3v) is 1.77. The zero-order valence-electron chi connectivity index (χ0n) is 6.18. The molecule has 0 aliphatic heterocycles. The van der Waals surface area contributed by atoms with Gasteiger partial charge in [0.25, 0.3) is 0 Å². The van der Waals surface area contributed by atoms with Crippen LogP contribution in [0.5, 0.6) is 0 Å². The third-order valence-electron chi connectivity index (χ3n) is 1.49. The molecular formula is C8H6ClN3. The summed E-state index contributed by atoms with van der Waals surface area (Å²) >= 11 is 5.85. The van der Waals surface area contributed by atoms with Gasteiger partial charge in [0.05, 0.1) is 18.1 Å². The average Bonchev–Trinajstić information content (AvgIpc) is 2.53. The topological polar surface area (TPSA) is 30.7 Å². The number of rotatable bonds is 1. The Bertz CT molecular complexity index is 369. The Kier molecular flexibility index (Phi) is 1.80. The molecule has 0 atom stereocenters. The molecule has 0 aromatic carbocycles. The lowest BCUT2D eigenvalue weighted by molar-refractivity contribution is 0.875. The van der Waals surface area contributed by atoms with Crippen molar-refractivity contribution in [3.63, 3.8) is 0 Å². The van der Waals surface area contributed by atoms with E-state index in [0.29, 0.717) is 5.15 Å². The summed E-state index contributed by atoms with van der Waals surface area (Å²) in [4.78, 5) is 3.96. The quantitative estimate of drug-likeness (QED) is 0.670. The number of aromatic nitrogens is 3. The van der Waals surface area contributed by atoms with E-state index in [2.05, 4.69) is 10.1 Å². The first kappa shape index (κ1) is 7.31. The molecule has 0 fully saturated rings. The second-order valence-electron chi connectivity index (χ2n) is 2.28. The lowest BCUT2D eigenvalue weighted by atomic mass is 10.4. The van der Waals surface area contributed by atoms with Gasteiger partial charge in [-0.1, -0.05) is 11.6 Å². The highest BCUT2D eigenvalue weighted by molar-refractivity contribution is 6.29. The molecule has 2 rings (SSSR count). The summed E-state index contributed by atoms with van der Waals surface area (Å²) in [7, 11) is 0. The first-order chi connectivity index (χ1) is 5.88. The summed E-state index contributed by atoms with van der Waals surface area (Å²) in [6, 6.07) is 5.47. The summed E-state index contributed by atoms with van der Waals surface area (Å²) in [5.74, 6) is 0. The number of nitrogens with zero attached hydrogens (tertiary/aromatic N) is 3. The molecule has 0 aliphatic rings. The minimum atomic E-state index is 0.586. The number of hydrogen-bond acceptors (Lipinski definition) is 2. The van der Waals surface area contributed by atoms with E-state index in [1.165, 1.54) is 0 Å². The molecule has 0 spiro atoms. The van der Waals surface area contributed by atoms with Crippen LogP contribution in [0.25, 0.3) is 5.69 Å². The van der Waals surface area contributed by atoms with Crippen LogP contribution in [0.4, 0.5) is 0 Å². The molecule has 0 saturated carbocycles. The fourth-order valence-electron chi connectivity index (χ4n) is 0.956. The van der Waals surface area contributed by atoms with E-state index in [4.69, 9.17) is 11.6 Å². The van der Waals surface area contributed by atoms with Gasteiger partial charge in [-0.05, 0) is 18.2 Å². The highest BCUT2D eigenvalue weighted by Crippen LogP contribution is 2.12. The smallest absolute Gasteiger partial charge is 0.132 e. The number of hydrogen-bond donors (Lipinski definition) is 0. The predicted molar refractivity (Wildman–Crippen MR) is 46.4 cm³/mol. The van der Waals surface area contributed by atoms with Crippen LogP contribution in [0.2, 0.25) is 5.15 Å². The van der Waals surface area contributed by atoms with E-state index in [1.807, 2.05) is 12.1 Å². The SMILES string of the molecule is Clc1ccnn1-c1cccnc1. The van der Waals surface area contributed by atoms with Crippen molar-refractivity contribution < 1.29 is 0 Å². The molecule has 0 saturated heterocycles. The highest BCUT2D eigenvalue weighted by Gasteiger charge is 1.99. The van der Waals surface area contributed by atoms with E-state index >= 15 is 0 Å². The zero-order valence-corrected chi connectivity index (χ0v) is 6.94. The summed E-state index contributed by atoms with van der Waals surface area (Å²) in [6.45, 7) is 0. The van der Waals surface area contributed by atoms with Crippen LogP contribution in [0.3, 0.4) is 0 Å². The maximum absolute atomic E-state index is 5.85. The summed E-state index contributed by atoms with van der Waals surface area (Å²) in [5.41, 5.74) is 0.868. The fourth-order valence-corrected chi connectivity index (χ4v) is 1.15. The Morgan fingerprint density at radius 3 is 2.75 bits per heavy atom. The molecule has 0 radical (unpaired) electrons. The number of halogens is 1. The first-order valence-corrected chi connectivity index (χ1v) is 3.85. The van der Waals surface area contributed by atoms with Crippen LogP contribution in [-0.2, 0) is 0 Å². The maximum Gasteiger partial charge on any atom is 0.132 e. The fraction of sp³-hybridized carbons (Fsp3) is 0. The molecule has 60 valence electrons. The van der Waals surface area contributed by atoms with E-state index < -0.39 is 0 Å². The Balaban J connectivity index is 2.51. The monoisotopic (exact) mass is 179 g/mol. The largest absolute Gasteiger partial charge is 0.262 e. The minimum Gasteiger partial charge on any atom is -0.262 e. The van der Waals surface area contributed by atoms with Gasteiger partial charge in [0.15, 0.2) is 0 Å². The molecule has 0 bridgehead atoms. The molecule has 2 aromatic rings. The summed E-state index contributed by atoms with van der Waals surface area (Å²) in [5, 5.41) is 4.62. The molecular weight excluding hydrogens is 174 g/mol. The first-order valence-electron chi connectivity index (χ1n) is 3.48. The van der Waals surface area contributed by atoms with Crippen molar-refractivity contribution in [2.24, 2.45) is 0 Å². The molecule has 0 N–H and O–H groups in total. The van der Waals surface area contributed by atoms with Gasteiger partial charge in [-0.2, -0.15) is 5.10 Å². The Hall–Kier alpha value is -1.35. The van der Waals surface area contributed by atoms with E-state index in [1.54, 1.807) is 29.3 Å². The molecule has 0 amide bonds. The van der Waals surface area contributed by atoms with Crippen LogP contribution in [0.15, 0.2) is 36.8 Å². The van der Waals surface area contributed by atoms with Crippen molar-refractivity contribution in [2.45, 2.75) is 0 Å². The van der Waals surface area contributed by atoms with Gasteiger partial charge in [0.1, 0.15) is 5.15 Å². The molecule has 2 heterocycles. The van der Waals surface area contributed by atoms with E-state index in [0.717, 1.165) is 5.69 Å². The van der Waals surface area contributed by atoms with Crippen LogP contribution in [-0.4, -0.2) is 14.8 Å². The van der Waals surface area contributed by atoms with Gasteiger partial charge in [0.2, 0.25) is 0 Å². The van der Waals surface area contributed by atoms with Crippen molar-refractivity contribution in [3.05, 3.63) is 41.9 Å². The molecule has 3 nitrogen and oxygen atoms in total. The van der Waals surface area contributed by atoms with Gasteiger partial charge in [0, 0.05) is 6.20 Å². The van der Waals surface area contributed by atoms with Gasteiger partial charge in [-0.3, -0.25) is 4.98 Å². The van der Waals surface area contributed by atoms with E-state index in [9.17, 15) is 0 Å². The van der Waals surface area contributed by atoms with Gasteiger partial charge < -0.3 is 0 Å². The molecule has 0 aliphatic carbocycles. The Labute approximate surface area is 74.6 Å². The predicted octanol–water partition coefficient (Wildman–Crippen LogP) is 1.92. The van der Waals surface area contributed by atoms with Crippen molar-refractivity contribution in [1.82, 2.24) is 14.8 Å². The maximum atomic E-state index is 5.85. The van der Waals surface area contributed by atoms with Crippen molar-refractivity contribution in [1.29, 1.82) is 0 Å². The van der Waals surface area contributed by atoms with Gasteiger partial charge >= 0.3 is 0 Å². The highest BCUT2D eigenvalue weighted by atomic mass is 35.5. The lowest BCUT2D eigenvalue weighted by Crippen LogP contribution is -1.95. The average molecular weight is 180 g/mol. The third kappa shape index (κ3) is 1.19. The van der Waals surface area contributed by atoms with E-state index in [-0.39, 0.29) is 0 Å². The normalized spacial score (nSPS) is 10.1. The minimum absolute atomic E-state index is 0.586. The van der Waals surface area contributed by atoms with Crippen molar-refractivity contribution in [3.8, 4) is 5.69 Å². The second-order valence-corrected chi connectivity index (χ2v) is 2.66. The molecule has 12 heavy (non-hydrogen) atoms. The van der Waals surface area contributed by atoms with Crippen LogP contribution < -0.4 is 0 Å². The second kappa shape index (κ2) is 2.95. The van der Waals surface area contributed by atoms with Crippen LogP contribution >= 0.6 is 11.6 Å². The number of pyridine rings is 1. The van der Waals surface area contributed by atoms with Gasteiger partial charge in [-0.25, -0.2) is 4.68 Å². The zero-order chi connectivity index (χ0) is 8.39. The molecule has 2 aromatic heterocycles. The standard InChI is InChI=1S/C8H6ClN3/c9-8-3-5-11-12(8)7-2-1-4-10-6-7/h1-6H. The van der Waals surface area contributed by atoms with Gasteiger partial charge in [-0.15, -0.1) is 0 Å². The molecule has 4 heteroatoms. The van der Waals surface area contributed by atoms with Crippen LogP contribution in [0.1, 0.15) is 0 Å². The van der Waals surface area contributed by atoms with Crippen molar-refractivity contribution in [2.75, 3.05) is 0 Å². The summed E-state index contributed by atoms with van der Waals surface area (Å²) < 4.78 is 1.62. The Morgan fingerprint density at radius 2 is 2.17 bits per heavy atom.